The minimum atomic E-state index is -0.172. The average molecular weight is 278 g/mol. The summed E-state index contributed by atoms with van der Waals surface area (Å²) in [6, 6.07) is 10.3. The van der Waals surface area contributed by atoms with E-state index in [0.29, 0.717) is 22.5 Å². The summed E-state index contributed by atoms with van der Waals surface area (Å²) < 4.78 is 0. The van der Waals surface area contributed by atoms with E-state index in [1.165, 1.54) is 6.07 Å². The van der Waals surface area contributed by atoms with Crippen LogP contribution in [0.15, 0.2) is 47.4 Å². The fraction of sp³-hybridized carbons (Fsp3) is 0.0625. The van der Waals surface area contributed by atoms with Gasteiger partial charge in [0.1, 0.15) is 0 Å². The highest BCUT2D eigenvalue weighted by molar-refractivity contribution is 6.15. The van der Waals surface area contributed by atoms with Gasteiger partial charge in [-0.05, 0) is 42.6 Å². The van der Waals surface area contributed by atoms with Crippen molar-refractivity contribution in [3.05, 3.63) is 69.8 Å². The predicted molar refractivity (Wildman–Crippen MR) is 83.9 cm³/mol. The van der Waals surface area contributed by atoms with Gasteiger partial charge in [-0.1, -0.05) is 0 Å². The number of rotatable bonds is 2. The van der Waals surface area contributed by atoms with E-state index in [1.54, 1.807) is 24.4 Å². The van der Waals surface area contributed by atoms with E-state index < -0.39 is 0 Å². The highest BCUT2D eigenvalue weighted by atomic mass is 16.1. The van der Waals surface area contributed by atoms with Gasteiger partial charge >= 0.3 is 0 Å². The molecule has 4 N–H and O–H groups in total. The smallest absolute Gasteiger partial charge is 0.248 e. The van der Waals surface area contributed by atoms with Crippen LogP contribution in [0.5, 0.6) is 0 Å². The van der Waals surface area contributed by atoms with Gasteiger partial charge in [-0.3, -0.25) is 15.2 Å². The molecule has 0 fully saturated rings. The summed E-state index contributed by atoms with van der Waals surface area (Å²) in [5, 5.41) is 9.19. The molecule has 2 heterocycles. The molecule has 0 amide bonds. The number of nitrogens with two attached hydrogens (primary N) is 1. The molecule has 0 aliphatic heterocycles. The van der Waals surface area contributed by atoms with Crippen LogP contribution >= 0.6 is 0 Å². The summed E-state index contributed by atoms with van der Waals surface area (Å²) in [6.07, 6.45) is 1.67. The van der Waals surface area contributed by atoms with Crippen LogP contribution in [-0.2, 0) is 0 Å². The van der Waals surface area contributed by atoms with E-state index in [9.17, 15) is 4.79 Å². The third-order valence-corrected chi connectivity index (χ3v) is 3.35. The van der Waals surface area contributed by atoms with E-state index in [0.717, 1.165) is 16.6 Å². The molecule has 0 spiro atoms. The van der Waals surface area contributed by atoms with E-state index in [4.69, 9.17) is 11.1 Å². The first-order valence-electron chi connectivity index (χ1n) is 6.49. The van der Waals surface area contributed by atoms with Crippen molar-refractivity contribution in [1.29, 1.82) is 5.41 Å². The van der Waals surface area contributed by atoms with E-state index in [1.807, 2.05) is 19.1 Å². The molecule has 0 aliphatic carbocycles. The molecule has 0 unspecified atom stereocenters. The summed E-state index contributed by atoms with van der Waals surface area (Å²) >= 11 is 0. The van der Waals surface area contributed by atoms with Gasteiger partial charge < -0.3 is 10.7 Å². The van der Waals surface area contributed by atoms with Crippen LogP contribution in [0.4, 0.5) is 5.69 Å². The minimum absolute atomic E-state index is 0.172. The lowest BCUT2D eigenvalue weighted by atomic mass is 9.99. The topological polar surface area (TPSA) is 95.6 Å². The Kier molecular flexibility index (Phi) is 3.02. The molecule has 5 nitrogen and oxygen atoms in total. The fourth-order valence-corrected chi connectivity index (χ4v) is 2.29. The van der Waals surface area contributed by atoms with Crippen LogP contribution < -0.4 is 11.3 Å². The second-order valence-electron chi connectivity index (χ2n) is 4.91. The van der Waals surface area contributed by atoms with Crippen molar-refractivity contribution in [2.45, 2.75) is 6.92 Å². The number of fused-ring (bicyclic) bond motifs is 1. The van der Waals surface area contributed by atoms with Gasteiger partial charge in [0.05, 0.1) is 11.2 Å². The Hall–Kier alpha value is -2.95. The monoisotopic (exact) mass is 278 g/mol. The van der Waals surface area contributed by atoms with Gasteiger partial charge in [-0.2, -0.15) is 0 Å². The van der Waals surface area contributed by atoms with Crippen LogP contribution in [0.2, 0.25) is 0 Å². The first kappa shape index (κ1) is 13.1. The highest BCUT2D eigenvalue weighted by Crippen LogP contribution is 2.22. The number of nitrogens with zero attached hydrogens (tertiary/aromatic N) is 1. The lowest BCUT2D eigenvalue weighted by molar-refractivity contribution is 1.19. The van der Waals surface area contributed by atoms with E-state index in [-0.39, 0.29) is 5.56 Å². The van der Waals surface area contributed by atoms with Crippen molar-refractivity contribution in [3.63, 3.8) is 0 Å². The number of H-pyrrole nitrogens is 1. The number of hydrogen-bond donors (Lipinski definition) is 3. The number of hydrogen-bond acceptors (Lipinski definition) is 4. The standard InChI is InChI=1S/C16H14N4O/c1-9-6-11(4-5-19-9)16(18)12-7-10-2-3-15(21)20-14(10)8-13(12)17/h2-8,18H,17H2,1H3,(H,20,21). The zero-order valence-corrected chi connectivity index (χ0v) is 11.5. The number of nitrogen functional groups attached to an aromatic ring is 1. The zero-order valence-electron chi connectivity index (χ0n) is 11.5. The minimum Gasteiger partial charge on any atom is -0.398 e. The van der Waals surface area contributed by atoms with Crippen LogP contribution in [0.3, 0.4) is 0 Å². The second kappa shape index (κ2) is 4.86. The van der Waals surface area contributed by atoms with E-state index >= 15 is 0 Å². The normalized spacial score (nSPS) is 10.7. The van der Waals surface area contributed by atoms with Crippen LogP contribution in [0.1, 0.15) is 16.8 Å². The summed E-state index contributed by atoms with van der Waals surface area (Å²) in [6.45, 7) is 1.88. The largest absolute Gasteiger partial charge is 0.398 e. The molecule has 3 rings (SSSR count). The Morgan fingerprint density at radius 1 is 1.24 bits per heavy atom. The molecule has 21 heavy (non-hydrogen) atoms. The molecule has 0 saturated heterocycles. The summed E-state index contributed by atoms with van der Waals surface area (Å²) in [5.74, 6) is 0. The lowest BCUT2D eigenvalue weighted by Crippen LogP contribution is -2.08. The summed E-state index contributed by atoms with van der Waals surface area (Å²) in [5.41, 5.74) is 9.58. The number of benzene rings is 1. The fourth-order valence-electron chi connectivity index (χ4n) is 2.29. The Balaban J connectivity index is 2.16. The van der Waals surface area contributed by atoms with Crippen molar-refractivity contribution in [1.82, 2.24) is 9.97 Å². The van der Waals surface area contributed by atoms with Crippen LogP contribution in [0, 0.1) is 12.3 Å². The highest BCUT2D eigenvalue weighted by Gasteiger charge is 2.10. The quantitative estimate of drug-likeness (QED) is 0.495. The molecular weight excluding hydrogens is 264 g/mol. The van der Waals surface area contributed by atoms with Gasteiger partial charge in [0, 0.05) is 34.8 Å². The Labute approximate surface area is 121 Å². The number of nitrogens with one attached hydrogen (secondary N) is 2. The van der Waals surface area contributed by atoms with E-state index in [2.05, 4.69) is 9.97 Å². The molecule has 104 valence electrons. The average Bonchev–Trinajstić information content (AvgIpc) is 2.45. The molecule has 2 aromatic heterocycles. The molecule has 0 atom stereocenters. The molecule has 1 aromatic carbocycles. The molecule has 0 bridgehead atoms. The number of aromatic amines is 1. The Morgan fingerprint density at radius 3 is 2.81 bits per heavy atom. The third kappa shape index (κ3) is 2.41. The maximum Gasteiger partial charge on any atom is 0.248 e. The molecular formula is C16H14N4O. The van der Waals surface area contributed by atoms with Crippen molar-refractivity contribution >= 4 is 22.3 Å². The van der Waals surface area contributed by atoms with Gasteiger partial charge in [-0.25, -0.2) is 0 Å². The van der Waals surface area contributed by atoms with Crippen LogP contribution in [-0.4, -0.2) is 15.7 Å². The maximum absolute atomic E-state index is 11.3. The van der Waals surface area contributed by atoms with Crippen molar-refractivity contribution in [2.24, 2.45) is 0 Å². The third-order valence-electron chi connectivity index (χ3n) is 3.35. The van der Waals surface area contributed by atoms with Gasteiger partial charge in [0.15, 0.2) is 0 Å². The first-order valence-corrected chi connectivity index (χ1v) is 6.49. The molecule has 0 aliphatic rings. The molecule has 0 saturated carbocycles. The van der Waals surface area contributed by atoms with Crippen molar-refractivity contribution < 1.29 is 0 Å². The van der Waals surface area contributed by atoms with Gasteiger partial charge in [-0.15, -0.1) is 0 Å². The predicted octanol–water partition coefficient (Wildman–Crippen LogP) is 2.23. The number of anilines is 1. The lowest BCUT2D eigenvalue weighted by Gasteiger charge is -2.10. The van der Waals surface area contributed by atoms with Gasteiger partial charge in [0.25, 0.3) is 0 Å². The number of aromatic nitrogens is 2. The molecule has 5 heteroatoms. The number of aryl methyl sites for hydroxylation is 1. The van der Waals surface area contributed by atoms with Crippen molar-refractivity contribution in [3.8, 4) is 0 Å². The second-order valence-corrected chi connectivity index (χ2v) is 4.91. The van der Waals surface area contributed by atoms with Crippen LogP contribution in [0.25, 0.3) is 10.9 Å². The molecule has 3 aromatic rings. The summed E-state index contributed by atoms with van der Waals surface area (Å²) in [7, 11) is 0. The van der Waals surface area contributed by atoms with Crippen molar-refractivity contribution in [2.75, 3.05) is 5.73 Å². The number of pyridine rings is 2. The zero-order chi connectivity index (χ0) is 15.0. The van der Waals surface area contributed by atoms with Gasteiger partial charge in [0.2, 0.25) is 5.56 Å². The first-order chi connectivity index (χ1) is 10.0. The maximum atomic E-state index is 11.3. The molecule has 0 radical (unpaired) electrons. The Morgan fingerprint density at radius 2 is 2.05 bits per heavy atom. The summed E-state index contributed by atoms with van der Waals surface area (Å²) in [4.78, 5) is 18.2. The SMILES string of the molecule is Cc1cc(C(=N)c2cc3ccc(=O)[nH]c3cc2N)ccn1. The Bertz CT molecular complexity index is 912.